The second kappa shape index (κ2) is 9.56. The van der Waals surface area contributed by atoms with Crippen LogP contribution in [0.4, 0.5) is 5.69 Å². The zero-order valence-corrected chi connectivity index (χ0v) is 17.7. The summed E-state index contributed by atoms with van der Waals surface area (Å²) in [4.78, 5) is 28.3. The van der Waals surface area contributed by atoms with E-state index in [1.54, 1.807) is 35.6 Å². The van der Waals surface area contributed by atoms with E-state index >= 15 is 0 Å². The molecule has 0 saturated carbocycles. The minimum atomic E-state index is -0.781. The molecule has 0 fully saturated rings. The number of amides is 2. The molecule has 1 atom stereocenters. The lowest BCUT2D eigenvalue weighted by atomic mass is 9.98. The Morgan fingerprint density at radius 3 is 2.58 bits per heavy atom. The average Bonchev–Trinajstić information content (AvgIpc) is 3.34. The highest BCUT2D eigenvalue weighted by atomic mass is 32.1. The summed E-state index contributed by atoms with van der Waals surface area (Å²) in [6.45, 7) is 2.02. The summed E-state index contributed by atoms with van der Waals surface area (Å²) in [5, 5.41) is 16.5. The number of carbonyl (C=O) groups is 2. The smallest absolute Gasteiger partial charge is 0.313 e. The first-order valence-electron chi connectivity index (χ1n) is 10.1. The van der Waals surface area contributed by atoms with Crippen LogP contribution in [0.15, 0.2) is 66.0 Å². The molecule has 0 saturated heterocycles. The van der Waals surface area contributed by atoms with Crippen LogP contribution in [0.5, 0.6) is 0 Å². The van der Waals surface area contributed by atoms with Crippen molar-refractivity contribution < 1.29 is 9.59 Å². The average molecular weight is 431 g/mol. The highest BCUT2D eigenvalue weighted by molar-refractivity contribution is 7.10. The molecule has 31 heavy (non-hydrogen) atoms. The lowest BCUT2D eigenvalue weighted by Gasteiger charge is -2.35. The summed E-state index contributed by atoms with van der Waals surface area (Å²) in [6.07, 6.45) is 0.956. The minimum absolute atomic E-state index is 0.0171. The molecule has 1 aliphatic heterocycles. The number of rotatable bonds is 5. The molecular weight excluding hydrogens is 408 g/mol. The van der Waals surface area contributed by atoms with Crippen molar-refractivity contribution in [1.29, 1.82) is 5.26 Å². The molecular formula is C24H22N4O2S. The third-order valence-corrected chi connectivity index (χ3v) is 6.40. The highest BCUT2D eigenvalue weighted by Crippen LogP contribution is 2.30. The lowest BCUT2D eigenvalue weighted by molar-refractivity contribution is -0.136. The predicted octanol–water partition coefficient (Wildman–Crippen LogP) is 3.47. The number of thiophene rings is 1. The molecule has 1 aromatic heterocycles. The van der Waals surface area contributed by atoms with Gasteiger partial charge >= 0.3 is 11.8 Å². The maximum Gasteiger partial charge on any atom is 0.313 e. The largest absolute Gasteiger partial charge is 0.346 e. The molecule has 0 spiro atoms. The Kier molecular flexibility index (Phi) is 6.41. The SMILES string of the molecule is N#Cc1ccccc1NC(=O)C(=O)NC[C@@H](c1cccs1)N1CCc2ccccc2C1. The number of para-hydroxylation sites is 1. The van der Waals surface area contributed by atoms with Crippen molar-refractivity contribution in [2.75, 3.05) is 18.4 Å². The van der Waals surface area contributed by atoms with Gasteiger partial charge in [-0.05, 0) is 41.1 Å². The van der Waals surface area contributed by atoms with Gasteiger partial charge in [0.1, 0.15) is 6.07 Å². The van der Waals surface area contributed by atoms with Crippen LogP contribution in [0.1, 0.15) is 27.6 Å². The molecule has 2 heterocycles. The van der Waals surface area contributed by atoms with E-state index in [9.17, 15) is 9.59 Å². The molecule has 2 aromatic carbocycles. The number of hydrogen-bond donors (Lipinski definition) is 2. The number of nitriles is 1. The van der Waals surface area contributed by atoms with Gasteiger partial charge in [-0.3, -0.25) is 14.5 Å². The number of fused-ring (bicyclic) bond motifs is 1. The van der Waals surface area contributed by atoms with Gasteiger partial charge in [-0.1, -0.05) is 42.5 Å². The standard InChI is InChI=1S/C24H22N4O2S/c25-14-18-7-3-4-9-20(18)27-24(30)23(29)26-15-21(22-10-5-13-31-22)28-12-11-17-6-1-2-8-19(17)16-28/h1-10,13,21H,11-12,15-16H2,(H,26,29)(H,27,30)/t21-/m0/s1. The molecule has 0 aliphatic carbocycles. The molecule has 2 N–H and O–H groups in total. The molecule has 0 unspecified atom stereocenters. The number of carbonyl (C=O) groups excluding carboxylic acids is 2. The van der Waals surface area contributed by atoms with Gasteiger partial charge in [0, 0.05) is 24.5 Å². The lowest BCUT2D eigenvalue weighted by Crippen LogP contribution is -2.43. The van der Waals surface area contributed by atoms with E-state index in [0.29, 0.717) is 17.8 Å². The summed E-state index contributed by atoms with van der Waals surface area (Å²) in [6, 6.07) is 21.1. The zero-order chi connectivity index (χ0) is 21.6. The van der Waals surface area contributed by atoms with E-state index < -0.39 is 11.8 Å². The first-order chi connectivity index (χ1) is 15.2. The number of nitrogens with one attached hydrogen (secondary N) is 2. The van der Waals surface area contributed by atoms with E-state index in [-0.39, 0.29) is 6.04 Å². The Bertz CT molecular complexity index is 1120. The van der Waals surface area contributed by atoms with E-state index in [1.807, 2.05) is 23.6 Å². The van der Waals surface area contributed by atoms with Crippen molar-refractivity contribution in [3.63, 3.8) is 0 Å². The van der Waals surface area contributed by atoms with Gasteiger partial charge in [-0.2, -0.15) is 5.26 Å². The van der Waals surface area contributed by atoms with Crippen molar-refractivity contribution in [3.8, 4) is 6.07 Å². The molecule has 7 heteroatoms. The highest BCUT2D eigenvalue weighted by Gasteiger charge is 2.27. The van der Waals surface area contributed by atoms with Gasteiger partial charge in [0.15, 0.2) is 0 Å². The molecule has 0 radical (unpaired) electrons. The van der Waals surface area contributed by atoms with Crippen LogP contribution >= 0.6 is 11.3 Å². The Balaban J connectivity index is 1.43. The third kappa shape index (κ3) is 4.82. The predicted molar refractivity (Wildman–Crippen MR) is 120 cm³/mol. The van der Waals surface area contributed by atoms with Gasteiger partial charge in [0.05, 0.1) is 17.3 Å². The Morgan fingerprint density at radius 2 is 1.81 bits per heavy atom. The maximum atomic E-state index is 12.5. The second-order valence-electron chi connectivity index (χ2n) is 7.34. The van der Waals surface area contributed by atoms with Crippen LogP contribution in [0.25, 0.3) is 0 Å². The fourth-order valence-electron chi connectivity index (χ4n) is 3.81. The van der Waals surface area contributed by atoms with Crippen LogP contribution < -0.4 is 10.6 Å². The monoisotopic (exact) mass is 430 g/mol. The van der Waals surface area contributed by atoms with Crippen molar-refractivity contribution in [2.24, 2.45) is 0 Å². The van der Waals surface area contributed by atoms with E-state index in [2.05, 4.69) is 39.8 Å². The first-order valence-corrected chi connectivity index (χ1v) is 11.0. The molecule has 3 aromatic rings. The van der Waals surface area contributed by atoms with E-state index in [4.69, 9.17) is 5.26 Å². The quantitative estimate of drug-likeness (QED) is 0.607. The molecule has 156 valence electrons. The minimum Gasteiger partial charge on any atom is -0.346 e. The topological polar surface area (TPSA) is 85.2 Å². The molecule has 2 amide bonds. The summed E-state index contributed by atoms with van der Waals surface area (Å²) in [7, 11) is 0. The zero-order valence-electron chi connectivity index (χ0n) is 16.9. The van der Waals surface area contributed by atoms with Gasteiger partial charge in [0.25, 0.3) is 0 Å². The number of benzene rings is 2. The van der Waals surface area contributed by atoms with Gasteiger partial charge in [0.2, 0.25) is 0 Å². The summed E-state index contributed by atoms with van der Waals surface area (Å²) in [5.41, 5.74) is 3.30. The van der Waals surface area contributed by atoms with Crippen LogP contribution in [0, 0.1) is 11.3 Å². The Labute approximate surface area is 185 Å². The Hall–Kier alpha value is -3.47. The van der Waals surface area contributed by atoms with Crippen LogP contribution in [0.2, 0.25) is 0 Å². The third-order valence-electron chi connectivity index (χ3n) is 5.43. The van der Waals surface area contributed by atoms with Gasteiger partial charge in [-0.25, -0.2) is 0 Å². The summed E-state index contributed by atoms with van der Waals surface area (Å²) in [5.74, 6) is -1.50. The van der Waals surface area contributed by atoms with Crippen molar-refractivity contribution in [1.82, 2.24) is 10.2 Å². The van der Waals surface area contributed by atoms with Crippen molar-refractivity contribution >= 4 is 28.8 Å². The van der Waals surface area contributed by atoms with E-state index in [0.717, 1.165) is 24.4 Å². The maximum absolute atomic E-state index is 12.5. The van der Waals surface area contributed by atoms with Crippen molar-refractivity contribution in [3.05, 3.63) is 87.6 Å². The van der Waals surface area contributed by atoms with Crippen molar-refractivity contribution in [2.45, 2.75) is 19.0 Å². The molecule has 4 rings (SSSR count). The molecule has 1 aliphatic rings. The summed E-state index contributed by atoms with van der Waals surface area (Å²) < 4.78 is 0. The Morgan fingerprint density at radius 1 is 1.03 bits per heavy atom. The van der Waals surface area contributed by atoms with Crippen LogP contribution in [0.3, 0.4) is 0 Å². The van der Waals surface area contributed by atoms with Crippen LogP contribution in [-0.2, 0) is 22.6 Å². The summed E-state index contributed by atoms with van der Waals surface area (Å²) >= 11 is 1.64. The molecule has 6 nitrogen and oxygen atoms in total. The first kappa shape index (κ1) is 20.8. The molecule has 0 bridgehead atoms. The fourth-order valence-corrected chi connectivity index (χ4v) is 4.67. The van der Waals surface area contributed by atoms with E-state index in [1.165, 1.54) is 11.1 Å². The van der Waals surface area contributed by atoms with Crippen LogP contribution in [-0.4, -0.2) is 29.8 Å². The van der Waals surface area contributed by atoms with Gasteiger partial charge < -0.3 is 10.6 Å². The second-order valence-corrected chi connectivity index (χ2v) is 8.32. The number of nitrogens with zero attached hydrogens (tertiary/aromatic N) is 2. The number of anilines is 1. The normalized spacial score (nSPS) is 14.2. The van der Waals surface area contributed by atoms with Gasteiger partial charge in [-0.15, -0.1) is 11.3 Å². The number of hydrogen-bond acceptors (Lipinski definition) is 5. The fraction of sp³-hybridized carbons (Fsp3) is 0.208.